The standard InChI is InChI=1S/C17H11FN2O2S/c18-11-5-7-12(8-6-11)23-10-16(21)20-17-13-3-1-2-4-14(13)22-15(17)9-19/h1-8H,10H2,(H,20,21). The summed E-state index contributed by atoms with van der Waals surface area (Å²) in [5.74, 6) is -0.355. The molecule has 2 aromatic carbocycles. The number of hydrogen-bond donors (Lipinski definition) is 1. The van der Waals surface area contributed by atoms with Gasteiger partial charge in [-0.25, -0.2) is 4.39 Å². The molecule has 0 aliphatic heterocycles. The van der Waals surface area contributed by atoms with E-state index in [2.05, 4.69) is 5.32 Å². The Balaban J connectivity index is 1.73. The van der Waals surface area contributed by atoms with Crippen molar-refractivity contribution in [1.82, 2.24) is 0 Å². The number of carbonyl (C=O) groups is 1. The van der Waals surface area contributed by atoms with E-state index >= 15 is 0 Å². The van der Waals surface area contributed by atoms with Gasteiger partial charge in [0.25, 0.3) is 0 Å². The van der Waals surface area contributed by atoms with E-state index in [0.29, 0.717) is 16.7 Å². The van der Waals surface area contributed by atoms with Gasteiger partial charge in [0.2, 0.25) is 11.7 Å². The Bertz CT molecular complexity index is 897. The molecule has 3 rings (SSSR count). The van der Waals surface area contributed by atoms with E-state index in [1.807, 2.05) is 12.1 Å². The fraction of sp³-hybridized carbons (Fsp3) is 0.0588. The van der Waals surface area contributed by atoms with Gasteiger partial charge in [-0.3, -0.25) is 4.79 Å². The molecule has 0 bridgehead atoms. The number of amides is 1. The minimum Gasteiger partial charge on any atom is -0.443 e. The van der Waals surface area contributed by atoms with E-state index in [1.54, 1.807) is 30.3 Å². The minimum atomic E-state index is -0.317. The zero-order valence-electron chi connectivity index (χ0n) is 11.9. The number of nitriles is 1. The first-order valence-corrected chi connectivity index (χ1v) is 7.76. The van der Waals surface area contributed by atoms with Crippen LogP contribution in [0.15, 0.2) is 57.8 Å². The topological polar surface area (TPSA) is 66.0 Å². The first-order valence-electron chi connectivity index (χ1n) is 6.77. The molecule has 3 aromatic rings. The molecule has 0 saturated carbocycles. The molecule has 0 saturated heterocycles. The Morgan fingerprint density at radius 3 is 2.70 bits per heavy atom. The van der Waals surface area contributed by atoms with Crippen LogP contribution in [0.5, 0.6) is 0 Å². The number of halogens is 1. The third-order valence-electron chi connectivity index (χ3n) is 3.15. The molecule has 0 radical (unpaired) electrons. The number of nitrogens with one attached hydrogen (secondary N) is 1. The van der Waals surface area contributed by atoms with Crippen LogP contribution in [0.1, 0.15) is 5.76 Å². The van der Waals surface area contributed by atoms with E-state index in [1.165, 1.54) is 23.9 Å². The van der Waals surface area contributed by atoms with E-state index in [-0.39, 0.29) is 23.2 Å². The van der Waals surface area contributed by atoms with E-state index in [0.717, 1.165) is 4.90 Å². The van der Waals surface area contributed by atoms with Gasteiger partial charge in [-0.05, 0) is 36.4 Å². The van der Waals surface area contributed by atoms with Crippen LogP contribution in [0.3, 0.4) is 0 Å². The molecule has 1 heterocycles. The van der Waals surface area contributed by atoms with Crippen LogP contribution in [0.2, 0.25) is 0 Å². The first-order chi connectivity index (χ1) is 11.2. The lowest BCUT2D eigenvalue weighted by Crippen LogP contribution is -2.14. The average Bonchev–Trinajstić information content (AvgIpc) is 2.92. The van der Waals surface area contributed by atoms with Gasteiger partial charge in [0.05, 0.1) is 5.75 Å². The lowest BCUT2D eigenvalue weighted by Gasteiger charge is -2.04. The number of para-hydroxylation sites is 1. The van der Waals surface area contributed by atoms with Crippen molar-refractivity contribution in [3.63, 3.8) is 0 Å². The normalized spacial score (nSPS) is 10.4. The third kappa shape index (κ3) is 3.35. The van der Waals surface area contributed by atoms with Gasteiger partial charge in [-0.15, -0.1) is 11.8 Å². The molecule has 0 fully saturated rings. The summed E-state index contributed by atoms with van der Waals surface area (Å²) in [4.78, 5) is 12.9. The molecule has 0 aliphatic carbocycles. The molecule has 23 heavy (non-hydrogen) atoms. The molecule has 1 amide bonds. The van der Waals surface area contributed by atoms with Crippen LogP contribution >= 0.6 is 11.8 Å². The highest BCUT2D eigenvalue weighted by Crippen LogP contribution is 2.30. The van der Waals surface area contributed by atoms with Crippen LogP contribution in [0.25, 0.3) is 11.0 Å². The summed E-state index contributed by atoms with van der Waals surface area (Å²) in [5.41, 5.74) is 0.929. The maximum Gasteiger partial charge on any atom is 0.234 e. The molecule has 0 spiro atoms. The van der Waals surface area contributed by atoms with Crippen LogP contribution in [0.4, 0.5) is 10.1 Å². The predicted octanol–water partition coefficient (Wildman–Crippen LogP) is 4.17. The number of furan rings is 1. The summed E-state index contributed by atoms with van der Waals surface area (Å²) in [6.07, 6.45) is 0. The highest BCUT2D eigenvalue weighted by molar-refractivity contribution is 8.00. The SMILES string of the molecule is N#Cc1oc2ccccc2c1NC(=O)CSc1ccc(F)cc1. The number of rotatable bonds is 4. The van der Waals surface area contributed by atoms with Crippen molar-refractivity contribution < 1.29 is 13.6 Å². The van der Waals surface area contributed by atoms with Crippen molar-refractivity contribution in [3.05, 3.63) is 60.1 Å². The van der Waals surface area contributed by atoms with Crippen LogP contribution < -0.4 is 5.32 Å². The number of anilines is 1. The summed E-state index contributed by atoms with van der Waals surface area (Å²) in [6.45, 7) is 0. The molecule has 114 valence electrons. The average molecular weight is 326 g/mol. The Labute approximate surface area is 135 Å². The van der Waals surface area contributed by atoms with Gasteiger partial charge in [0.1, 0.15) is 23.2 Å². The Morgan fingerprint density at radius 1 is 1.22 bits per heavy atom. The number of fused-ring (bicyclic) bond motifs is 1. The first kappa shape index (κ1) is 15.1. The lowest BCUT2D eigenvalue weighted by molar-refractivity contribution is -0.113. The number of benzene rings is 2. The van der Waals surface area contributed by atoms with E-state index in [4.69, 9.17) is 9.68 Å². The Hall–Kier alpha value is -2.78. The largest absolute Gasteiger partial charge is 0.443 e. The van der Waals surface area contributed by atoms with Crippen molar-refractivity contribution in [2.45, 2.75) is 4.90 Å². The molecule has 0 aliphatic rings. The highest BCUT2D eigenvalue weighted by Gasteiger charge is 2.16. The van der Waals surface area contributed by atoms with Crippen molar-refractivity contribution in [2.24, 2.45) is 0 Å². The van der Waals surface area contributed by atoms with Crippen molar-refractivity contribution in [2.75, 3.05) is 11.1 Å². The van der Waals surface area contributed by atoms with Gasteiger partial charge in [0, 0.05) is 10.3 Å². The molecule has 6 heteroatoms. The second-order valence-corrected chi connectivity index (χ2v) is 5.75. The predicted molar refractivity (Wildman–Crippen MR) is 86.7 cm³/mol. The third-order valence-corrected chi connectivity index (χ3v) is 4.16. The molecule has 1 aromatic heterocycles. The smallest absolute Gasteiger partial charge is 0.234 e. The summed E-state index contributed by atoms with van der Waals surface area (Å²) in [7, 11) is 0. The second-order valence-electron chi connectivity index (χ2n) is 4.70. The quantitative estimate of drug-likeness (QED) is 0.731. The number of nitrogens with zero attached hydrogens (tertiary/aromatic N) is 1. The molecular formula is C17H11FN2O2S. The number of thioether (sulfide) groups is 1. The molecule has 4 nitrogen and oxygen atoms in total. The van der Waals surface area contributed by atoms with Gasteiger partial charge < -0.3 is 9.73 Å². The van der Waals surface area contributed by atoms with Gasteiger partial charge in [0.15, 0.2) is 0 Å². The molecular weight excluding hydrogens is 315 g/mol. The zero-order chi connectivity index (χ0) is 16.2. The van der Waals surface area contributed by atoms with Crippen LogP contribution in [-0.4, -0.2) is 11.7 Å². The second kappa shape index (κ2) is 6.55. The molecule has 1 N–H and O–H groups in total. The van der Waals surface area contributed by atoms with Crippen LogP contribution in [0, 0.1) is 17.1 Å². The summed E-state index contributed by atoms with van der Waals surface area (Å²) < 4.78 is 18.2. The fourth-order valence-corrected chi connectivity index (χ4v) is 2.80. The number of hydrogen-bond acceptors (Lipinski definition) is 4. The highest BCUT2D eigenvalue weighted by atomic mass is 32.2. The number of carbonyl (C=O) groups excluding carboxylic acids is 1. The van der Waals surface area contributed by atoms with Crippen LogP contribution in [-0.2, 0) is 4.79 Å². The summed E-state index contributed by atoms with van der Waals surface area (Å²) in [5, 5.41) is 12.5. The molecule has 0 atom stereocenters. The van der Waals surface area contributed by atoms with Crippen molar-refractivity contribution in [1.29, 1.82) is 5.26 Å². The fourth-order valence-electron chi connectivity index (χ4n) is 2.10. The summed E-state index contributed by atoms with van der Waals surface area (Å²) in [6, 6.07) is 15.0. The van der Waals surface area contributed by atoms with E-state index < -0.39 is 0 Å². The van der Waals surface area contributed by atoms with E-state index in [9.17, 15) is 9.18 Å². The van der Waals surface area contributed by atoms with Gasteiger partial charge >= 0.3 is 0 Å². The van der Waals surface area contributed by atoms with Crippen molar-refractivity contribution >= 4 is 34.3 Å². The Kier molecular flexibility index (Phi) is 4.31. The maximum atomic E-state index is 12.8. The van der Waals surface area contributed by atoms with Crippen molar-refractivity contribution in [3.8, 4) is 6.07 Å². The monoisotopic (exact) mass is 326 g/mol. The Morgan fingerprint density at radius 2 is 1.96 bits per heavy atom. The molecule has 0 unspecified atom stereocenters. The summed E-state index contributed by atoms with van der Waals surface area (Å²) >= 11 is 1.29. The zero-order valence-corrected chi connectivity index (χ0v) is 12.7. The van der Waals surface area contributed by atoms with Gasteiger partial charge in [-0.2, -0.15) is 5.26 Å². The minimum absolute atomic E-state index is 0.0753. The maximum absolute atomic E-state index is 12.8. The van der Waals surface area contributed by atoms with Gasteiger partial charge in [-0.1, -0.05) is 12.1 Å². The lowest BCUT2D eigenvalue weighted by atomic mass is 10.2.